The molecule has 0 aliphatic heterocycles. The van der Waals surface area contributed by atoms with E-state index in [1.54, 1.807) is 23.0 Å². The van der Waals surface area contributed by atoms with Gasteiger partial charge in [-0.05, 0) is 38.4 Å². The number of fused-ring (bicyclic) bond motifs is 1. The Bertz CT molecular complexity index is 1400. The zero-order chi connectivity index (χ0) is 28.4. The number of amides is 2. The molecule has 0 bridgehead atoms. The molecule has 4 aromatic heterocycles. The first-order chi connectivity index (χ1) is 19.0. The minimum Gasteiger partial charge on any atom is -0.339 e. The molecule has 0 spiro atoms. The predicted molar refractivity (Wildman–Crippen MR) is 150 cm³/mol. The van der Waals surface area contributed by atoms with Crippen molar-refractivity contribution in [2.45, 2.75) is 65.2 Å². The maximum Gasteiger partial charge on any atom is 0.323 e. The van der Waals surface area contributed by atoms with Gasteiger partial charge in [-0.25, -0.2) is 14.3 Å². The lowest BCUT2D eigenvalue weighted by Gasteiger charge is -2.17. The van der Waals surface area contributed by atoms with Crippen molar-refractivity contribution in [2.24, 2.45) is 5.73 Å². The van der Waals surface area contributed by atoms with Crippen LogP contribution >= 0.6 is 11.6 Å². The van der Waals surface area contributed by atoms with Gasteiger partial charge in [0.05, 0.1) is 35.7 Å². The van der Waals surface area contributed by atoms with Crippen LogP contribution in [0.25, 0.3) is 17.2 Å². The molecule has 1 fully saturated rings. The topological polar surface area (TPSA) is 166 Å². The Hall–Kier alpha value is -3.90. The van der Waals surface area contributed by atoms with Crippen molar-refractivity contribution in [2.75, 3.05) is 17.7 Å². The number of aromatic nitrogens is 6. The molecule has 1 aliphatic rings. The molecule has 0 aromatic carbocycles. The normalized spacial score (nSPS) is 12.8. The van der Waals surface area contributed by atoms with Crippen LogP contribution in [0.3, 0.4) is 0 Å². The fourth-order valence-corrected chi connectivity index (χ4v) is 4.58. The number of aryl methyl sites for hydroxylation is 2. The minimum atomic E-state index is -0.423. The number of nitrogens with one attached hydrogen (secondary N) is 2. The Balaban J connectivity index is 0.00000100. The van der Waals surface area contributed by atoms with E-state index in [1.165, 1.54) is 13.2 Å². The highest BCUT2D eigenvalue weighted by Crippen LogP contribution is 2.38. The third kappa shape index (κ3) is 6.95. The van der Waals surface area contributed by atoms with Crippen LogP contribution in [0.2, 0.25) is 5.02 Å². The number of pyridine rings is 1. The van der Waals surface area contributed by atoms with Crippen LogP contribution in [0.15, 0.2) is 29.2 Å². The molecular formula is C26H34ClN9O3. The number of rotatable bonds is 7. The summed E-state index contributed by atoms with van der Waals surface area (Å²) in [6, 6.07) is 1.35. The van der Waals surface area contributed by atoms with Crippen LogP contribution in [0.5, 0.6) is 0 Å². The number of carbonyl (C=O) groups is 2. The second-order valence-corrected chi connectivity index (χ2v) is 8.86. The number of anilines is 2. The lowest BCUT2D eigenvalue weighted by atomic mass is 10.0. The zero-order valence-corrected chi connectivity index (χ0v) is 23.3. The second-order valence-electron chi connectivity index (χ2n) is 8.45. The molecule has 39 heavy (non-hydrogen) atoms. The molecule has 4 aromatic rings. The van der Waals surface area contributed by atoms with Crippen molar-refractivity contribution < 1.29 is 14.1 Å². The standard InChI is InChI=1S/C23H23ClN8O3.C2H6.CH5N/c1-13-9-15(10-25-19(13)21-30-18(35-31-21)7-4-8-33)28-23(34)29-17-12-26-22-16(24)11-27-32(22)20(17)14-5-2-3-6-14;2*1-2/h8-12,14H,2-7H2,1H3,(H2,28,29,34);1-2H3;2H2,1H3. The van der Waals surface area contributed by atoms with Gasteiger partial charge in [-0.3, -0.25) is 4.98 Å². The Morgan fingerprint density at radius 2 is 1.92 bits per heavy atom. The molecule has 1 saturated carbocycles. The summed E-state index contributed by atoms with van der Waals surface area (Å²) in [5.74, 6) is 0.969. The molecule has 4 heterocycles. The number of hydrogen-bond donors (Lipinski definition) is 3. The predicted octanol–water partition coefficient (Wildman–Crippen LogP) is 5.17. The molecule has 5 rings (SSSR count). The highest BCUT2D eigenvalue weighted by molar-refractivity contribution is 6.33. The van der Waals surface area contributed by atoms with Gasteiger partial charge in [0.15, 0.2) is 5.65 Å². The minimum absolute atomic E-state index is 0.265. The first-order valence-electron chi connectivity index (χ1n) is 12.9. The molecule has 208 valence electrons. The van der Waals surface area contributed by atoms with E-state index < -0.39 is 6.03 Å². The van der Waals surface area contributed by atoms with Crippen LogP contribution in [-0.2, 0) is 11.2 Å². The van der Waals surface area contributed by atoms with E-state index in [0.29, 0.717) is 52.3 Å². The van der Waals surface area contributed by atoms with Gasteiger partial charge >= 0.3 is 6.03 Å². The summed E-state index contributed by atoms with van der Waals surface area (Å²) in [6.07, 6.45) is 10.5. The van der Waals surface area contributed by atoms with Crippen molar-refractivity contribution in [3.8, 4) is 11.5 Å². The third-order valence-corrected chi connectivity index (χ3v) is 6.27. The highest BCUT2D eigenvalue weighted by Gasteiger charge is 2.25. The Morgan fingerprint density at radius 3 is 2.62 bits per heavy atom. The number of nitrogens with zero attached hydrogens (tertiary/aromatic N) is 6. The molecular weight excluding hydrogens is 522 g/mol. The summed E-state index contributed by atoms with van der Waals surface area (Å²) in [4.78, 5) is 36.4. The van der Waals surface area contributed by atoms with Gasteiger partial charge in [0.2, 0.25) is 11.7 Å². The first-order valence-corrected chi connectivity index (χ1v) is 13.3. The van der Waals surface area contributed by atoms with Gasteiger partial charge in [0.25, 0.3) is 0 Å². The number of nitrogens with two attached hydrogens (primary N) is 1. The summed E-state index contributed by atoms with van der Waals surface area (Å²) in [5.41, 5.74) is 8.37. The molecule has 4 N–H and O–H groups in total. The Labute approximate surface area is 231 Å². The number of aldehydes is 1. The fourth-order valence-electron chi connectivity index (χ4n) is 4.41. The molecule has 1 aliphatic carbocycles. The lowest BCUT2D eigenvalue weighted by Crippen LogP contribution is -2.22. The van der Waals surface area contributed by atoms with Crippen LogP contribution in [-0.4, -0.2) is 49.1 Å². The summed E-state index contributed by atoms with van der Waals surface area (Å²) in [7, 11) is 1.50. The zero-order valence-electron chi connectivity index (χ0n) is 22.6. The molecule has 0 radical (unpaired) electrons. The molecule has 12 nitrogen and oxygen atoms in total. The van der Waals surface area contributed by atoms with Crippen molar-refractivity contribution in [3.63, 3.8) is 0 Å². The maximum absolute atomic E-state index is 12.9. The van der Waals surface area contributed by atoms with Gasteiger partial charge in [-0.15, -0.1) is 0 Å². The van der Waals surface area contributed by atoms with E-state index in [0.717, 1.165) is 43.2 Å². The number of urea groups is 1. The summed E-state index contributed by atoms with van der Waals surface area (Å²) in [6.45, 7) is 5.84. The van der Waals surface area contributed by atoms with Gasteiger partial charge in [0, 0.05) is 18.8 Å². The monoisotopic (exact) mass is 555 g/mol. The maximum atomic E-state index is 12.9. The van der Waals surface area contributed by atoms with E-state index in [4.69, 9.17) is 16.1 Å². The third-order valence-electron chi connectivity index (χ3n) is 6.00. The highest BCUT2D eigenvalue weighted by atomic mass is 35.5. The van der Waals surface area contributed by atoms with Crippen LogP contribution < -0.4 is 16.4 Å². The summed E-state index contributed by atoms with van der Waals surface area (Å²) < 4.78 is 6.89. The van der Waals surface area contributed by atoms with Crippen molar-refractivity contribution in [1.29, 1.82) is 0 Å². The molecule has 0 unspecified atom stereocenters. The van der Waals surface area contributed by atoms with Gasteiger partial charge in [0.1, 0.15) is 17.0 Å². The summed E-state index contributed by atoms with van der Waals surface area (Å²) in [5, 5.41) is 14.5. The van der Waals surface area contributed by atoms with E-state index in [-0.39, 0.29) is 5.92 Å². The van der Waals surface area contributed by atoms with Crippen molar-refractivity contribution >= 4 is 40.9 Å². The van der Waals surface area contributed by atoms with E-state index >= 15 is 0 Å². The van der Waals surface area contributed by atoms with E-state index in [9.17, 15) is 9.59 Å². The van der Waals surface area contributed by atoms with Gasteiger partial charge in [-0.2, -0.15) is 10.1 Å². The van der Waals surface area contributed by atoms with Crippen molar-refractivity contribution in [3.05, 3.63) is 46.8 Å². The largest absolute Gasteiger partial charge is 0.339 e. The smallest absolute Gasteiger partial charge is 0.323 e. The average molecular weight is 556 g/mol. The molecule has 0 atom stereocenters. The van der Waals surface area contributed by atoms with E-state index in [1.807, 2.05) is 20.8 Å². The molecule has 0 saturated heterocycles. The fraction of sp³-hybridized carbons (Fsp3) is 0.423. The van der Waals surface area contributed by atoms with Gasteiger partial charge < -0.3 is 25.7 Å². The molecule has 13 heteroatoms. The van der Waals surface area contributed by atoms with Gasteiger partial charge in [-0.1, -0.05) is 43.4 Å². The lowest BCUT2D eigenvalue weighted by molar-refractivity contribution is -0.107. The SMILES string of the molecule is CC.CN.Cc1cc(NC(=O)Nc2cnc3c(Cl)cnn3c2C2CCCC2)cnc1-c1noc(CCC=O)n1. The summed E-state index contributed by atoms with van der Waals surface area (Å²) >= 11 is 6.23. The number of carbonyl (C=O) groups excluding carboxylic acids is 2. The van der Waals surface area contributed by atoms with Crippen LogP contribution in [0.4, 0.5) is 16.2 Å². The van der Waals surface area contributed by atoms with Crippen LogP contribution in [0.1, 0.15) is 69.0 Å². The van der Waals surface area contributed by atoms with E-state index in [2.05, 4.69) is 41.6 Å². The average Bonchev–Trinajstić information content (AvgIpc) is 3.72. The van der Waals surface area contributed by atoms with Crippen LogP contribution in [0, 0.1) is 6.92 Å². The number of hydrogen-bond acceptors (Lipinski definition) is 9. The Kier molecular flexibility index (Phi) is 10.9. The molecule has 2 amide bonds. The van der Waals surface area contributed by atoms with Crippen molar-refractivity contribution in [1.82, 2.24) is 29.7 Å². The first kappa shape index (κ1) is 29.7. The number of halogens is 1. The quantitative estimate of drug-likeness (QED) is 0.260. The Morgan fingerprint density at radius 1 is 1.18 bits per heavy atom. The second kappa shape index (κ2) is 14.3.